The summed E-state index contributed by atoms with van der Waals surface area (Å²) < 4.78 is 8.33. The lowest BCUT2D eigenvalue weighted by Crippen LogP contribution is -2.40. The van der Waals surface area contributed by atoms with Crippen molar-refractivity contribution >= 4 is 22.5 Å². The summed E-state index contributed by atoms with van der Waals surface area (Å²) in [6.07, 6.45) is 6.71. The average molecular weight is 300 g/mol. The molecule has 0 spiro atoms. The number of carbonyl (C=O) groups is 1. The Morgan fingerprint density at radius 2 is 2.27 bits per heavy atom. The number of nitrogens with zero attached hydrogens (tertiary/aromatic N) is 3. The summed E-state index contributed by atoms with van der Waals surface area (Å²) >= 11 is 0. The van der Waals surface area contributed by atoms with Crippen LogP contribution in [0.2, 0.25) is 0 Å². The van der Waals surface area contributed by atoms with Gasteiger partial charge in [0.05, 0.1) is 18.3 Å². The number of hydrogen-bond donors (Lipinski definition) is 1. The van der Waals surface area contributed by atoms with Crippen LogP contribution in [-0.2, 0) is 11.3 Å². The molecule has 0 saturated heterocycles. The molecule has 1 aliphatic carbocycles. The average Bonchev–Trinajstić information content (AvgIpc) is 3.03. The fourth-order valence-electron chi connectivity index (χ4n) is 2.75. The quantitative estimate of drug-likeness (QED) is 0.787. The van der Waals surface area contributed by atoms with E-state index < -0.39 is 0 Å². The molecular formula is C15H16N4O3. The molecule has 22 heavy (non-hydrogen) atoms. The second-order valence-electron chi connectivity index (χ2n) is 5.67. The molecule has 7 heteroatoms. The first-order chi connectivity index (χ1) is 10.7. The van der Waals surface area contributed by atoms with E-state index in [2.05, 4.69) is 10.4 Å². The maximum absolute atomic E-state index is 12.4. The minimum absolute atomic E-state index is 0.0255. The number of rotatable bonds is 4. The minimum Gasteiger partial charge on any atom is -0.463 e. The fourth-order valence-corrected chi connectivity index (χ4v) is 2.75. The molecule has 7 nitrogen and oxygen atoms in total. The summed E-state index contributed by atoms with van der Waals surface area (Å²) in [6.45, 7) is 0.278. The topological polar surface area (TPSA) is 81.5 Å². The predicted molar refractivity (Wildman–Crippen MR) is 79.6 cm³/mol. The lowest BCUT2D eigenvalue weighted by molar-refractivity contribution is -0.122. The molecule has 3 heterocycles. The van der Waals surface area contributed by atoms with Crippen LogP contribution in [0.3, 0.4) is 0 Å². The maximum atomic E-state index is 12.4. The number of hydrogen-bond acceptors (Lipinski definition) is 4. The van der Waals surface area contributed by atoms with Crippen LogP contribution in [0.4, 0.5) is 0 Å². The SMILES string of the molecule is O=C(CCn1ncn2c(cc3occc32)c1=O)NC1CCC1. The zero-order valence-electron chi connectivity index (χ0n) is 12.0. The van der Waals surface area contributed by atoms with Crippen molar-refractivity contribution in [2.24, 2.45) is 0 Å². The molecule has 0 aromatic carbocycles. The first kappa shape index (κ1) is 13.1. The van der Waals surface area contributed by atoms with Crippen molar-refractivity contribution in [1.82, 2.24) is 19.5 Å². The normalized spacial score (nSPS) is 15.3. The molecule has 0 unspecified atom stereocenters. The van der Waals surface area contributed by atoms with E-state index in [1.54, 1.807) is 29.1 Å². The maximum Gasteiger partial charge on any atom is 0.291 e. The first-order valence-electron chi connectivity index (χ1n) is 7.46. The van der Waals surface area contributed by atoms with E-state index in [9.17, 15) is 9.59 Å². The summed E-state index contributed by atoms with van der Waals surface area (Å²) in [6, 6.07) is 3.81. The standard InChI is InChI=1S/C15H16N4O3/c20-14(17-10-2-1-3-10)4-6-19-15(21)12-8-13-11(5-7-22-13)18(12)9-16-19/h5,7-10H,1-4,6H2,(H,17,20). The van der Waals surface area contributed by atoms with E-state index in [0.29, 0.717) is 17.1 Å². The zero-order valence-corrected chi connectivity index (χ0v) is 12.0. The Bertz CT molecular complexity index is 900. The Labute approximate surface area is 125 Å². The van der Waals surface area contributed by atoms with Crippen molar-refractivity contribution in [3.8, 4) is 0 Å². The monoisotopic (exact) mass is 300 g/mol. The van der Waals surface area contributed by atoms with Crippen LogP contribution in [0.5, 0.6) is 0 Å². The van der Waals surface area contributed by atoms with E-state index in [4.69, 9.17) is 4.42 Å². The van der Waals surface area contributed by atoms with Crippen LogP contribution in [-0.4, -0.2) is 26.1 Å². The van der Waals surface area contributed by atoms with Crippen LogP contribution >= 0.6 is 0 Å². The van der Waals surface area contributed by atoms with Gasteiger partial charge in [-0.25, -0.2) is 4.68 Å². The third-order valence-corrected chi connectivity index (χ3v) is 4.24. The van der Waals surface area contributed by atoms with E-state index in [-0.39, 0.29) is 24.4 Å². The Hall–Kier alpha value is -2.57. The summed E-state index contributed by atoms with van der Waals surface area (Å²) in [7, 11) is 0. The highest BCUT2D eigenvalue weighted by molar-refractivity contribution is 5.81. The van der Waals surface area contributed by atoms with Gasteiger partial charge >= 0.3 is 0 Å². The molecule has 0 aliphatic heterocycles. The molecule has 4 rings (SSSR count). The number of carbonyl (C=O) groups excluding carboxylic acids is 1. The molecule has 1 fully saturated rings. The Morgan fingerprint density at radius 1 is 1.41 bits per heavy atom. The van der Waals surface area contributed by atoms with Gasteiger partial charge in [-0.15, -0.1) is 0 Å². The Balaban J connectivity index is 1.55. The third-order valence-electron chi connectivity index (χ3n) is 4.24. The van der Waals surface area contributed by atoms with Crippen molar-refractivity contribution in [1.29, 1.82) is 0 Å². The summed E-state index contributed by atoms with van der Waals surface area (Å²) in [5.41, 5.74) is 1.75. The van der Waals surface area contributed by atoms with Crippen molar-refractivity contribution in [2.75, 3.05) is 0 Å². The van der Waals surface area contributed by atoms with Gasteiger partial charge in [-0.1, -0.05) is 0 Å². The molecule has 1 aliphatic rings. The number of nitrogens with one attached hydrogen (secondary N) is 1. The van der Waals surface area contributed by atoms with E-state index in [1.165, 1.54) is 11.1 Å². The van der Waals surface area contributed by atoms with Crippen LogP contribution in [0.15, 0.2) is 33.9 Å². The minimum atomic E-state index is -0.217. The molecule has 0 radical (unpaired) electrons. The van der Waals surface area contributed by atoms with Crippen molar-refractivity contribution in [2.45, 2.75) is 38.3 Å². The zero-order chi connectivity index (χ0) is 15.1. The van der Waals surface area contributed by atoms with Gasteiger partial charge in [-0.2, -0.15) is 5.10 Å². The largest absolute Gasteiger partial charge is 0.463 e. The molecule has 1 N–H and O–H groups in total. The van der Waals surface area contributed by atoms with Gasteiger partial charge in [0, 0.05) is 24.6 Å². The molecule has 3 aromatic rings. The van der Waals surface area contributed by atoms with Gasteiger partial charge in [0.1, 0.15) is 11.8 Å². The van der Waals surface area contributed by atoms with Gasteiger partial charge in [-0.3, -0.25) is 14.0 Å². The highest BCUT2D eigenvalue weighted by Crippen LogP contribution is 2.19. The van der Waals surface area contributed by atoms with Gasteiger partial charge in [0.2, 0.25) is 5.91 Å². The first-order valence-corrected chi connectivity index (χ1v) is 7.46. The van der Waals surface area contributed by atoms with Crippen LogP contribution < -0.4 is 10.9 Å². The number of amides is 1. The molecular weight excluding hydrogens is 284 g/mol. The predicted octanol–water partition coefficient (Wildman–Crippen LogP) is 1.30. The van der Waals surface area contributed by atoms with E-state index >= 15 is 0 Å². The number of furan rings is 1. The van der Waals surface area contributed by atoms with Crippen molar-refractivity contribution < 1.29 is 9.21 Å². The highest BCUT2D eigenvalue weighted by Gasteiger charge is 2.19. The van der Waals surface area contributed by atoms with Crippen molar-refractivity contribution in [3.05, 3.63) is 35.1 Å². The van der Waals surface area contributed by atoms with Gasteiger partial charge in [-0.05, 0) is 19.3 Å². The van der Waals surface area contributed by atoms with Gasteiger partial charge < -0.3 is 9.73 Å². The molecule has 3 aromatic heterocycles. The number of aryl methyl sites for hydroxylation is 1. The smallest absolute Gasteiger partial charge is 0.291 e. The highest BCUT2D eigenvalue weighted by atomic mass is 16.3. The lowest BCUT2D eigenvalue weighted by atomic mass is 9.93. The second-order valence-corrected chi connectivity index (χ2v) is 5.67. The van der Waals surface area contributed by atoms with Crippen LogP contribution in [0.25, 0.3) is 16.6 Å². The summed E-state index contributed by atoms with van der Waals surface area (Å²) in [4.78, 5) is 24.2. The van der Waals surface area contributed by atoms with Crippen LogP contribution in [0, 0.1) is 0 Å². The van der Waals surface area contributed by atoms with Crippen LogP contribution in [0.1, 0.15) is 25.7 Å². The molecule has 114 valence electrons. The van der Waals surface area contributed by atoms with Crippen molar-refractivity contribution in [3.63, 3.8) is 0 Å². The summed E-state index contributed by atoms with van der Waals surface area (Å²) in [5, 5.41) is 7.10. The molecule has 0 atom stereocenters. The lowest BCUT2D eigenvalue weighted by Gasteiger charge is -2.26. The molecule has 0 bridgehead atoms. The Kier molecular flexibility index (Phi) is 2.99. The fraction of sp³-hybridized carbons (Fsp3) is 0.400. The van der Waals surface area contributed by atoms with Gasteiger partial charge in [0.25, 0.3) is 5.56 Å². The Morgan fingerprint density at radius 3 is 3.05 bits per heavy atom. The molecule has 1 amide bonds. The summed E-state index contributed by atoms with van der Waals surface area (Å²) in [5.74, 6) is -0.0255. The third kappa shape index (κ3) is 2.09. The second kappa shape index (κ2) is 5.01. The number of fused-ring (bicyclic) bond motifs is 3. The number of aromatic nitrogens is 3. The van der Waals surface area contributed by atoms with E-state index in [1.807, 2.05) is 0 Å². The van der Waals surface area contributed by atoms with E-state index in [0.717, 1.165) is 18.4 Å². The van der Waals surface area contributed by atoms with Gasteiger partial charge in [0.15, 0.2) is 5.58 Å². The molecule has 1 saturated carbocycles.